The standard InChI is InChI=1S/C43H28O/c1-2-11-28(12-3-1)32-18-10-19-33(43(32)31-25-26-41-39(27-31)36-15-8-9-20-40(36)44-41)29-21-23-30(24-22-29)42-37-16-6-4-13-34(37)35-14-5-7-17-38(35)42/h1-27,42H. The number of hydrogen-bond donors (Lipinski definition) is 0. The summed E-state index contributed by atoms with van der Waals surface area (Å²) in [6.45, 7) is 0. The zero-order valence-corrected chi connectivity index (χ0v) is 24.1. The van der Waals surface area contributed by atoms with Crippen LogP contribution in [-0.4, -0.2) is 0 Å². The summed E-state index contributed by atoms with van der Waals surface area (Å²) in [6, 6.07) is 59.3. The van der Waals surface area contributed by atoms with Gasteiger partial charge in [-0.25, -0.2) is 0 Å². The summed E-state index contributed by atoms with van der Waals surface area (Å²) in [4.78, 5) is 0. The van der Waals surface area contributed by atoms with Crippen molar-refractivity contribution in [1.29, 1.82) is 0 Å². The molecule has 1 aliphatic rings. The molecule has 1 nitrogen and oxygen atoms in total. The minimum atomic E-state index is 0.239. The first-order chi connectivity index (χ1) is 21.8. The van der Waals surface area contributed by atoms with Crippen LogP contribution in [0.2, 0.25) is 0 Å². The van der Waals surface area contributed by atoms with E-state index in [9.17, 15) is 0 Å². The van der Waals surface area contributed by atoms with E-state index in [0.29, 0.717) is 0 Å². The molecule has 7 aromatic carbocycles. The first-order valence-electron chi connectivity index (χ1n) is 15.2. The van der Waals surface area contributed by atoms with Crippen molar-refractivity contribution in [2.75, 3.05) is 0 Å². The van der Waals surface area contributed by atoms with Crippen LogP contribution in [-0.2, 0) is 0 Å². The maximum Gasteiger partial charge on any atom is 0.135 e. The Bertz CT molecular complexity index is 2280. The Morgan fingerprint density at radius 1 is 0.364 bits per heavy atom. The smallest absolute Gasteiger partial charge is 0.135 e. The number of fused-ring (bicyclic) bond motifs is 6. The summed E-state index contributed by atoms with van der Waals surface area (Å²) in [5.74, 6) is 0.239. The summed E-state index contributed by atoms with van der Waals surface area (Å²) in [5, 5.41) is 2.28. The molecule has 0 N–H and O–H groups in total. The van der Waals surface area contributed by atoms with Gasteiger partial charge in [-0.2, -0.15) is 0 Å². The SMILES string of the molecule is c1ccc(-c2cccc(-c3ccc(C4c5ccccc5-c5ccccc54)cc3)c2-c2ccc3oc4ccccc4c3c2)cc1. The van der Waals surface area contributed by atoms with Gasteiger partial charge in [0.1, 0.15) is 11.2 Å². The fourth-order valence-corrected chi connectivity index (χ4v) is 7.21. The molecule has 44 heavy (non-hydrogen) atoms. The molecule has 0 aliphatic heterocycles. The lowest BCUT2D eigenvalue weighted by Gasteiger charge is -2.18. The van der Waals surface area contributed by atoms with Crippen LogP contribution in [0.15, 0.2) is 168 Å². The van der Waals surface area contributed by atoms with E-state index in [-0.39, 0.29) is 5.92 Å². The van der Waals surface area contributed by atoms with Gasteiger partial charge in [0.15, 0.2) is 0 Å². The van der Waals surface area contributed by atoms with Crippen molar-refractivity contribution in [2.45, 2.75) is 5.92 Å². The molecule has 0 fully saturated rings. The van der Waals surface area contributed by atoms with Crippen molar-refractivity contribution in [2.24, 2.45) is 0 Å². The Morgan fingerprint density at radius 3 is 1.64 bits per heavy atom. The van der Waals surface area contributed by atoms with Crippen LogP contribution in [0, 0.1) is 0 Å². The normalized spacial score (nSPS) is 12.5. The van der Waals surface area contributed by atoms with E-state index in [2.05, 4.69) is 152 Å². The molecule has 0 bridgehead atoms. The third-order valence-electron chi connectivity index (χ3n) is 9.20. The van der Waals surface area contributed by atoms with E-state index >= 15 is 0 Å². The van der Waals surface area contributed by atoms with Crippen LogP contribution in [0.4, 0.5) is 0 Å². The van der Waals surface area contributed by atoms with Gasteiger partial charge in [-0.1, -0.05) is 146 Å². The van der Waals surface area contributed by atoms with E-state index in [1.807, 2.05) is 12.1 Å². The molecule has 1 heteroatoms. The molecular weight excluding hydrogens is 532 g/mol. The zero-order valence-electron chi connectivity index (χ0n) is 24.1. The lowest BCUT2D eigenvalue weighted by molar-refractivity contribution is 0.669. The van der Waals surface area contributed by atoms with Crippen molar-refractivity contribution >= 4 is 21.9 Å². The van der Waals surface area contributed by atoms with E-state index in [4.69, 9.17) is 4.42 Å². The minimum absolute atomic E-state index is 0.239. The zero-order chi connectivity index (χ0) is 29.0. The molecule has 1 aliphatic carbocycles. The summed E-state index contributed by atoms with van der Waals surface area (Å²) in [6.07, 6.45) is 0. The van der Waals surface area contributed by atoms with Gasteiger partial charge in [0, 0.05) is 16.7 Å². The molecule has 0 atom stereocenters. The predicted octanol–water partition coefficient (Wildman–Crippen LogP) is 11.7. The Hall–Kier alpha value is -5.66. The Morgan fingerprint density at radius 2 is 0.909 bits per heavy atom. The van der Waals surface area contributed by atoms with Crippen LogP contribution in [0.3, 0.4) is 0 Å². The third kappa shape index (κ3) is 3.87. The fraction of sp³-hybridized carbons (Fsp3) is 0.0233. The van der Waals surface area contributed by atoms with Crippen LogP contribution in [0.5, 0.6) is 0 Å². The lowest BCUT2D eigenvalue weighted by atomic mass is 9.85. The van der Waals surface area contributed by atoms with Crippen molar-refractivity contribution in [1.82, 2.24) is 0 Å². The van der Waals surface area contributed by atoms with Gasteiger partial charge in [0.2, 0.25) is 0 Å². The summed E-state index contributed by atoms with van der Waals surface area (Å²) in [7, 11) is 0. The second kappa shape index (κ2) is 9.97. The van der Waals surface area contributed by atoms with Gasteiger partial charge < -0.3 is 4.42 Å². The van der Waals surface area contributed by atoms with E-state index < -0.39 is 0 Å². The second-order valence-corrected chi connectivity index (χ2v) is 11.6. The number of rotatable bonds is 4. The highest BCUT2D eigenvalue weighted by atomic mass is 16.3. The average Bonchev–Trinajstić information content (AvgIpc) is 3.64. The monoisotopic (exact) mass is 560 g/mol. The molecule has 206 valence electrons. The van der Waals surface area contributed by atoms with Gasteiger partial charge in [0.05, 0.1) is 0 Å². The number of hydrogen-bond acceptors (Lipinski definition) is 1. The average molecular weight is 561 g/mol. The van der Waals surface area contributed by atoms with Gasteiger partial charge in [-0.3, -0.25) is 0 Å². The highest BCUT2D eigenvalue weighted by molar-refractivity contribution is 6.07. The Kier molecular flexibility index (Phi) is 5.64. The third-order valence-corrected chi connectivity index (χ3v) is 9.20. The van der Waals surface area contributed by atoms with E-state index in [1.165, 1.54) is 61.2 Å². The van der Waals surface area contributed by atoms with Gasteiger partial charge in [-0.15, -0.1) is 0 Å². The fourth-order valence-electron chi connectivity index (χ4n) is 7.21. The van der Waals surface area contributed by atoms with Crippen molar-refractivity contribution in [3.63, 3.8) is 0 Å². The first kappa shape index (κ1) is 24.9. The molecule has 0 unspecified atom stereocenters. The first-order valence-corrected chi connectivity index (χ1v) is 15.2. The molecule has 0 saturated heterocycles. The van der Waals surface area contributed by atoms with Gasteiger partial charge >= 0.3 is 0 Å². The molecular formula is C43H28O. The van der Waals surface area contributed by atoms with Gasteiger partial charge in [-0.05, 0) is 79.4 Å². The van der Waals surface area contributed by atoms with Gasteiger partial charge in [0.25, 0.3) is 0 Å². The quantitative estimate of drug-likeness (QED) is 0.209. The Balaban J connectivity index is 1.21. The maximum absolute atomic E-state index is 6.18. The summed E-state index contributed by atoms with van der Waals surface area (Å²) in [5.41, 5.74) is 15.9. The van der Waals surface area contributed by atoms with Crippen LogP contribution < -0.4 is 0 Å². The largest absolute Gasteiger partial charge is 0.456 e. The second-order valence-electron chi connectivity index (χ2n) is 11.6. The van der Waals surface area contributed by atoms with Crippen LogP contribution >= 0.6 is 0 Å². The lowest BCUT2D eigenvalue weighted by Crippen LogP contribution is -1.99. The Labute approximate surface area is 256 Å². The summed E-state index contributed by atoms with van der Waals surface area (Å²) < 4.78 is 6.18. The highest BCUT2D eigenvalue weighted by Gasteiger charge is 2.29. The molecule has 0 radical (unpaired) electrons. The molecule has 8 aromatic rings. The number of furan rings is 1. The molecule has 0 spiro atoms. The van der Waals surface area contributed by atoms with Crippen LogP contribution in [0.1, 0.15) is 22.6 Å². The van der Waals surface area contributed by atoms with E-state index in [0.717, 1.165) is 21.9 Å². The molecule has 9 rings (SSSR count). The molecule has 1 aromatic heterocycles. The summed E-state index contributed by atoms with van der Waals surface area (Å²) >= 11 is 0. The minimum Gasteiger partial charge on any atom is -0.456 e. The molecule has 1 heterocycles. The predicted molar refractivity (Wildman–Crippen MR) is 183 cm³/mol. The van der Waals surface area contributed by atoms with Crippen molar-refractivity contribution < 1.29 is 4.42 Å². The van der Waals surface area contributed by atoms with Crippen molar-refractivity contribution in [3.8, 4) is 44.5 Å². The number of benzene rings is 7. The topological polar surface area (TPSA) is 13.1 Å². The van der Waals surface area contributed by atoms with Crippen molar-refractivity contribution in [3.05, 3.63) is 180 Å². The maximum atomic E-state index is 6.18. The highest BCUT2D eigenvalue weighted by Crippen LogP contribution is 2.48. The number of para-hydroxylation sites is 1. The molecule has 0 amide bonds. The molecule has 0 saturated carbocycles. The van der Waals surface area contributed by atoms with E-state index in [1.54, 1.807) is 0 Å². The van der Waals surface area contributed by atoms with Crippen LogP contribution in [0.25, 0.3) is 66.4 Å².